The van der Waals surface area contributed by atoms with Gasteiger partial charge in [0.15, 0.2) is 0 Å². The second-order valence-electron chi connectivity index (χ2n) is 4.24. The molecule has 0 saturated carbocycles. The second-order valence-corrected chi connectivity index (χ2v) is 4.24. The molecule has 0 N–H and O–H groups in total. The SMILES string of the molecule is CC.CC/C=C\c1ccc(C(C)CC)cc1C. The van der Waals surface area contributed by atoms with Gasteiger partial charge in [-0.1, -0.05) is 65.0 Å². The Morgan fingerprint density at radius 1 is 1.18 bits per heavy atom. The van der Waals surface area contributed by atoms with E-state index in [1.165, 1.54) is 23.1 Å². The lowest BCUT2D eigenvalue weighted by molar-refractivity contribution is 0.733. The van der Waals surface area contributed by atoms with Crippen LogP contribution in [0.15, 0.2) is 24.3 Å². The van der Waals surface area contributed by atoms with E-state index < -0.39 is 0 Å². The van der Waals surface area contributed by atoms with Gasteiger partial charge in [-0.15, -0.1) is 0 Å². The first-order valence-electron chi connectivity index (χ1n) is 6.96. The minimum atomic E-state index is 0.674. The number of allylic oxidation sites excluding steroid dienone is 1. The van der Waals surface area contributed by atoms with Crippen LogP contribution in [0.3, 0.4) is 0 Å². The summed E-state index contributed by atoms with van der Waals surface area (Å²) in [5, 5.41) is 0. The van der Waals surface area contributed by atoms with Crippen molar-refractivity contribution in [1.82, 2.24) is 0 Å². The highest BCUT2D eigenvalue weighted by Gasteiger charge is 2.03. The smallest absolute Gasteiger partial charge is 0.0193 e. The van der Waals surface area contributed by atoms with Crippen molar-refractivity contribution in [2.45, 2.75) is 60.3 Å². The molecule has 1 aromatic rings. The van der Waals surface area contributed by atoms with Crippen molar-refractivity contribution in [2.24, 2.45) is 0 Å². The number of hydrogen-bond donors (Lipinski definition) is 0. The van der Waals surface area contributed by atoms with Crippen LogP contribution in [0.1, 0.15) is 70.1 Å². The first-order chi connectivity index (χ1) is 8.19. The molecule has 0 fully saturated rings. The molecule has 0 heterocycles. The first kappa shape index (κ1) is 16.0. The molecule has 1 aromatic carbocycles. The lowest BCUT2D eigenvalue weighted by Crippen LogP contribution is -1.93. The van der Waals surface area contributed by atoms with Crippen molar-refractivity contribution >= 4 is 6.08 Å². The molecule has 96 valence electrons. The highest BCUT2D eigenvalue weighted by molar-refractivity contribution is 5.54. The largest absolute Gasteiger partial charge is 0.0842 e. The van der Waals surface area contributed by atoms with Crippen molar-refractivity contribution in [1.29, 1.82) is 0 Å². The zero-order valence-corrected chi connectivity index (χ0v) is 12.4. The van der Waals surface area contributed by atoms with Gasteiger partial charge in [0.05, 0.1) is 0 Å². The van der Waals surface area contributed by atoms with Gasteiger partial charge in [0, 0.05) is 0 Å². The van der Waals surface area contributed by atoms with Gasteiger partial charge in [0.2, 0.25) is 0 Å². The molecule has 0 aromatic heterocycles. The van der Waals surface area contributed by atoms with Gasteiger partial charge < -0.3 is 0 Å². The van der Waals surface area contributed by atoms with Crippen LogP contribution in [-0.2, 0) is 0 Å². The summed E-state index contributed by atoms with van der Waals surface area (Å²) in [4.78, 5) is 0. The predicted octanol–water partition coefficient (Wildman–Crippen LogP) is 5.96. The zero-order valence-electron chi connectivity index (χ0n) is 12.4. The molecular weight excluding hydrogens is 204 g/mol. The van der Waals surface area contributed by atoms with E-state index in [0.717, 1.165) is 6.42 Å². The van der Waals surface area contributed by atoms with Crippen LogP contribution in [0.2, 0.25) is 0 Å². The lowest BCUT2D eigenvalue weighted by atomic mass is 9.95. The molecule has 0 bridgehead atoms. The van der Waals surface area contributed by atoms with Crippen molar-refractivity contribution in [3.05, 3.63) is 41.0 Å². The van der Waals surface area contributed by atoms with Crippen molar-refractivity contribution in [2.75, 3.05) is 0 Å². The number of rotatable bonds is 4. The van der Waals surface area contributed by atoms with Gasteiger partial charge >= 0.3 is 0 Å². The summed E-state index contributed by atoms with van der Waals surface area (Å²) in [7, 11) is 0. The molecule has 0 nitrogen and oxygen atoms in total. The van der Waals surface area contributed by atoms with Crippen molar-refractivity contribution in [3.63, 3.8) is 0 Å². The fraction of sp³-hybridized carbons (Fsp3) is 0.529. The second kappa shape index (κ2) is 9.04. The normalized spacial score (nSPS) is 12.1. The Morgan fingerprint density at radius 3 is 2.29 bits per heavy atom. The quantitative estimate of drug-likeness (QED) is 0.601. The van der Waals surface area contributed by atoms with Gasteiger partial charge in [0.1, 0.15) is 0 Å². The maximum atomic E-state index is 2.32. The lowest BCUT2D eigenvalue weighted by Gasteiger charge is -2.11. The molecular formula is C17H28. The fourth-order valence-electron chi connectivity index (χ4n) is 1.67. The third-order valence-electron chi connectivity index (χ3n) is 3.01. The van der Waals surface area contributed by atoms with Crippen LogP contribution in [0.5, 0.6) is 0 Å². The third kappa shape index (κ3) is 5.21. The molecule has 0 aliphatic heterocycles. The Balaban J connectivity index is 0.00000121. The van der Waals surface area contributed by atoms with Crippen LogP contribution in [0.4, 0.5) is 0 Å². The molecule has 0 aliphatic rings. The van der Waals surface area contributed by atoms with Gasteiger partial charge in [-0.25, -0.2) is 0 Å². The van der Waals surface area contributed by atoms with Crippen LogP contribution < -0.4 is 0 Å². The summed E-state index contributed by atoms with van der Waals surface area (Å²) in [5.74, 6) is 0.674. The Morgan fingerprint density at radius 2 is 1.82 bits per heavy atom. The average molecular weight is 232 g/mol. The zero-order chi connectivity index (χ0) is 13.3. The molecule has 1 atom stereocenters. The molecule has 0 heteroatoms. The van der Waals surface area contributed by atoms with Crippen LogP contribution in [0.25, 0.3) is 6.08 Å². The Hall–Kier alpha value is -1.04. The molecule has 17 heavy (non-hydrogen) atoms. The maximum Gasteiger partial charge on any atom is -0.0193 e. The molecule has 0 aliphatic carbocycles. The van der Waals surface area contributed by atoms with Gasteiger partial charge in [-0.2, -0.15) is 0 Å². The first-order valence-corrected chi connectivity index (χ1v) is 6.96. The summed E-state index contributed by atoms with van der Waals surface area (Å²) in [6.07, 6.45) is 6.75. The van der Waals surface area contributed by atoms with E-state index in [4.69, 9.17) is 0 Å². The third-order valence-corrected chi connectivity index (χ3v) is 3.01. The number of hydrogen-bond acceptors (Lipinski definition) is 0. The van der Waals surface area contributed by atoms with Crippen molar-refractivity contribution in [3.8, 4) is 0 Å². The Labute approximate surface area is 108 Å². The summed E-state index contributed by atoms with van der Waals surface area (Å²) in [6.45, 7) is 12.9. The number of benzene rings is 1. The minimum absolute atomic E-state index is 0.674. The minimum Gasteiger partial charge on any atom is -0.0842 e. The topological polar surface area (TPSA) is 0 Å². The van der Waals surface area contributed by atoms with Crippen LogP contribution in [-0.4, -0.2) is 0 Å². The molecule has 1 unspecified atom stereocenters. The molecule has 1 rings (SSSR count). The van der Waals surface area contributed by atoms with Gasteiger partial charge in [-0.05, 0) is 42.4 Å². The standard InChI is InChI=1S/C15H22.C2H6/c1-5-7-8-14-9-10-15(11-13(14)4)12(3)6-2;1-2/h7-12H,5-6H2,1-4H3;1-2H3/b8-7-;. The van der Waals surface area contributed by atoms with E-state index in [1.807, 2.05) is 13.8 Å². The van der Waals surface area contributed by atoms with E-state index in [0.29, 0.717) is 5.92 Å². The Bertz CT molecular complexity index is 334. The Kier molecular flexibility index (Phi) is 8.49. The summed E-state index contributed by atoms with van der Waals surface area (Å²) in [5.41, 5.74) is 4.20. The van der Waals surface area contributed by atoms with E-state index in [2.05, 4.69) is 58.0 Å². The van der Waals surface area contributed by atoms with E-state index >= 15 is 0 Å². The molecule has 0 spiro atoms. The van der Waals surface area contributed by atoms with E-state index in [1.54, 1.807) is 0 Å². The number of aryl methyl sites for hydroxylation is 1. The summed E-state index contributed by atoms with van der Waals surface area (Å²) >= 11 is 0. The van der Waals surface area contributed by atoms with E-state index in [-0.39, 0.29) is 0 Å². The molecule has 0 saturated heterocycles. The summed E-state index contributed by atoms with van der Waals surface area (Å²) in [6, 6.07) is 6.82. The van der Waals surface area contributed by atoms with Crippen LogP contribution >= 0.6 is 0 Å². The predicted molar refractivity (Wildman–Crippen MR) is 80.6 cm³/mol. The highest BCUT2D eigenvalue weighted by atomic mass is 14.1. The monoisotopic (exact) mass is 232 g/mol. The summed E-state index contributed by atoms with van der Waals surface area (Å²) < 4.78 is 0. The molecule has 0 radical (unpaired) electrons. The van der Waals surface area contributed by atoms with Crippen molar-refractivity contribution < 1.29 is 0 Å². The van der Waals surface area contributed by atoms with E-state index in [9.17, 15) is 0 Å². The van der Waals surface area contributed by atoms with Gasteiger partial charge in [0.25, 0.3) is 0 Å². The average Bonchev–Trinajstić information content (AvgIpc) is 2.38. The molecule has 0 amide bonds. The van der Waals surface area contributed by atoms with Crippen LogP contribution in [0, 0.1) is 6.92 Å². The highest BCUT2D eigenvalue weighted by Crippen LogP contribution is 2.22. The maximum absolute atomic E-state index is 2.32. The fourth-order valence-corrected chi connectivity index (χ4v) is 1.67. The van der Waals surface area contributed by atoms with Gasteiger partial charge in [-0.3, -0.25) is 0 Å².